The average Bonchev–Trinajstić information content (AvgIpc) is 2.55. The number of fused-ring (bicyclic) bond motifs is 1. The van der Waals surface area contributed by atoms with Crippen molar-refractivity contribution < 1.29 is 18.0 Å². The fraction of sp³-hybridized carbons (Fsp3) is 0.0588. The standard InChI is InChI=1S/C17H11F2NO3S/c18-17(19)24-14-8-4-2-6-12(14)20-15(21)11-9-10-5-1-3-7-13(10)23-16(11)22/h1-9,17H,(H,20,21). The van der Waals surface area contributed by atoms with E-state index in [2.05, 4.69) is 5.32 Å². The first-order valence-electron chi connectivity index (χ1n) is 6.92. The molecule has 0 aliphatic carbocycles. The second-order valence-electron chi connectivity index (χ2n) is 4.81. The molecule has 0 aliphatic rings. The van der Waals surface area contributed by atoms with Crippen molar-refractivity contribution in [1.82, 2.24) is 0 Å². The van der Waals surface area contributed by atoms with Crippen molar-refractivity contribution in [3.05, 3.63) is 70.6 Å². The summed E-state index contributed by atoms with van der Waals surface area (Å²) in [6.45, 7) is 0. The maximum atomic E-state index is 12.6. The second kappa shape index (κ2) is 6.84. The molecule has 0 fully saturated rings. The number of alkyl halides is 2. The SMILES string of the molecule is O=C(Nc1ccccc1SC(F)F)c1cc2ccccc2oc1=O. The first kappa shape index (κ1) is 16.2. The minimum absolute atomic E-state index is 0.189. The van der Waals surface area contributed by atoms with Gasteiger partial charge >= 0.3 is 5.63 Å². The van der Waals surface area contributed by atoms with Crippen LogP contribution >= 0.6 is 11.8 Å². The second-order valence-corrected chi connectivity index (χ2v) is 5.85. The zero-order valence-corrected chi connectivity index (χ0v) is 13.0. The summed E-state index contributed by atoms with van der Waals surface area (Å²) < 4.78 is 30.3. The lowest BCUT2D eigenvalue weighted by Gasteiger charge is -2.10. The Kier molecular flexibility index (Phi) is 4.61. The van der Waals surface area contributed by atoms with E-state index in [1.807, 2.05) is 0 Å². The van der Waals surface area contributed by atoms with Gasteiger partial charge in [0.05, 0.1) is 5.69 Å². The predicted octanol–water partition coefficient (Wildman–Crippen LogP) is 4.36. The quantitative estimate of drug-likeness (QED) is 0.563. The largest absolute Gasteiger partial charge is 0.422 e. The van der Waals surface area contributed by atoms with Gasteiger partial charge in [-0.15, -0.1) is 0 Å². The lowest BCUT2D eigenvalue weighted by Crippen LogP contribution is -2.21. The Morgan fingerprint density at radius 2 is 1.79 bits per heavy atom. The van der Waals surface area contributed by atoms with Gasteiger partial charge in [0.25, 0.3) is 11.7 Å². The van der Waals surface area contributed by atoms with Crippen molar-refractivity contribution in [3.63, 3.8) is 0 Å². The zero-order chi connectivity index (χ0) is 17.1. The smallest absolute Gasteiger partial charge is 0.349 e. The summed E-state index contributed by atoms with van der Waals surface area (Å²) in [7, 11) is 0. The molecule has 0 radical (unpaired) electrons. The Morgan fingerprint density at radius 3 is 2.58 bits per heavy atom. The highest BCUT2D eigenvalue weighted by Gasteiger charge is 2.16. The van der Waals surface area contributed by atoms with Crippen molar-refractivity contribution in [2.75, 3.05) is 5.32 Å². The molecule has 1 aromatic heterocycles. The molecule has 0 atom stereocenters. The lowest BCUT2D eigenvalue weighted by atomic mass is 10.1. The first-order chi connectivity index (χ1) is 11.5. The maximum absolute atomic E-state index is 12.6. The highest BCUT2D eigenvalue weighted by atomic mass is 32.2. The Balaban J connectivity index is 1.93. The van der Waals surface area contributed by atoms with Gasteiger partial charge in [0, 0.05) is 10.3 Å². The number of carbonyl (C=O) groups excluding carboxylic acids is 1. The van der Waals surface area contributed by atoms with Crippen LogP contribution in [0.5, 0.6) is 0 Å². The summed E-state index contributed by atoms with van der Waals surface area (Å²) in [5.74, 6) is -3.33. The number of thioether (sulfide) groups is 1. The van der Waals surface area contributed by atoms with Gasteiger partial charge in [-0.2, -0.15) is 8.78 Å². The van der Waals surface area contributed by atoms with Gasteiger partial charge in [0.1, 0.15) is 11.1 Å². The van der Waals surface area contributed by atoms with Crippen LogP contribution in [0.15, 0.2) is 68.7 Å². The molecule has 0 saturated heterocycles. The third-order valence-electron chi connectivity index (χ3n) is 3.24. The van der Waals surface area contributed by atoms with Crippen LogP contribution in [-0.4, -0.2) is 11.7 Å². The Labute approximate surface area is 139 Å². The van der Waals surface area contributed by atoms with Gasteiger partial charge in [0.15, 0.2) is 0 Å². The molecule has 24 heavy (non-hydrogen) atoms. The number of anilines is 1. The van der Waals surface area contributed by atoms with Crippen LogP contribution in [0.1, 0.15) is 10.4 Å². The molecule has 4 nitrogen and oxygen atoms in total. The van der Waals surface area contributed by atoms with E-state index in [4.69, 9.17) is 4.42 Å². The van der Waals surface area contributed by atoms with E-state index in [-0.39, 0.29) is 16.1 Å². The molecule has 0 unspecified atom stereocenters. The molecule has 122 valence electrons. The third-order valence-corrected chi connectivity index (χ3v) is 4.03. The molecule has 0 aliphatic heterocycles. The van der Waals surface area contributed by atoms with Gasteiger partial charge < -0.3 is 9.73 Å². The fourth-order valence-electron chi connectivity index (χ4n) is 2.18. The molecule has 0 bridgehead atoms. The number of para-hydroxylation sites is 2. The van der Waals surface area contributed by atoms with E-state index >= 15 is 0 Å². The van der Waals surface area contributed by atoms with Gasteiger partial charge in [-0.05, 0) is 24.3 Å². The molecule has 3 aromatic rings. The average molecular weight is 347 g/mol. The maximum Gasteiger partial charge on any atom is 0.349 e. The summed E-state index contributed by atoms with van der Waals surface area (Å²) in [6.07, 6.45) is 0. The highest BCUT2D eigenvalue weighted by Crippen LogP contribution is 2.31. The van der Waals surface area contributed by atoms with Crippen molar-refractivity contribution >= 4 is 34.3 Å². The van der Waals surface area contributed by atoms with E-state index in [1.165, 1.54) is 18.2 Å². The molecule has 0 saturated carbocycles. The van der Waals surface area contributed by atoms with Crippen LogP contribution < -0.4 is 10.9 Å². The van der Waals surface area contributed by atoms with Crippen molar-refractivity contribution in [2.45, 2.75) is 10.7 Å². The van der Waals surface area contributed by atoms with Crippen molar-refractivity contribution in [3.8, 4) is 0 Å². The number of carbonyl (C=O) groups is 1. The van der Waals surface area contributed by atoms with Crippen LogP contribution in [-0.2, 0) is 0 Å². The number of nitrogens with one attached hydrogen (secondary N) is 1. The topological polar surface area (TPSA) is 59.3 Å². The number of hydrogen-bond acceptors (Lipinski definition) is 4. The normalized spacial score (nSPS) is 11.0. The zero-order valence-electron chi connectivity index (χ0n) is 12.2. The molecule has 1 heterocycles. The molecule has 7 heteroatoms. The van der Waals surface area contributed by atoms with Crippen LogP contribution in [0.25, 0.3) is 11.0 Å². The molecule has 2 aromatic carbocycles. The number of halogens is 2. The number of benzene rings is 2. The minimum Gasteiger partial charge on any atom is -0.422 e. The van der Waals surface area contributed by atoms with E-state index in [1.54, 1.807) is 36.4 Å². The van der Waals surface area contributed by atoms with Crippen LogP contribution in [0.4, 0.5) is 14.5 Å². The van der Waals surface area contributed by atoms with Gasteiger partial charge in [-0.3, -0.25) is 4.79 Å². The van der Waals surface area contributed by atoms with Crippen molar-refractivity contribution in [2.24, 2.45) is 0 Å². The number of hydrogen-bond donors (Lipinski definition) is 1. The number of amides is 1. The third kappa shape index (κ3) is 3.46. The summed E-state index contributed by atoms with van der Waals surface area (Å²) in [5.41, 5.74) is -0.399. The molecular weight excluding hydrogens is 336 g/mol. The van der Waals surface area contributed by atoms with Crippen molar-refractivity contribution in [1.29, 1.82) is 0 Å². The molecule has 1 amide bonds. The molecular formula is C17H11F2NO3S. The van der Waals surface area contributed by atoms with E-state index in [0.29, 0.717) is 22.7 Å². The number of rotatable bonds is 4. The highest BCUT2D eigenvalue weighted by molar-refractivity contribution is 7.99. The lowest BCUT2D eigenvalue weighted by molar-refractivity contribution is 0.102. The Hall–Kier alpha value is -2.67. The summed E-state index contributed by atoms with van der Waals surface area (Å²) in [5, 5.41) is 3.08. The predicted molar refractivity (Wildman–Crippen MR) is 88.7 cm³/mol. The van der Waals surface area contributed by atoms with Crippen LogP contribution in [0, 0.1) is 0 Å². The summed E-state index contributed by atoms with van der Waals surface area (Å²) in [6, 6.07) is 14.3. The minimum atomic E-state index is -2.62. The molecule has 1 N–H and O–H groups in total. The van der Waals surface area contributed by atoms with E-state index < -0.39 is 17.3 Å². The van der Waals surface area contributed by atoms with Gasteiger partial charge in [-0.25, -0.2) is 4.79 Å². The summed E-state index contributed by atoms with van der Waals surface area (Å²) in [4.78, 5) is 24.5. The van der Waals surface area contributed by atoms with Crippen LogP contribution in [0.2, 0.25) is 0 Å². The Bertz CT molecular complexity index is 956. The van der Waals surface area contributed by atoms with Gasteiger partial charge in [0.2, 0.25) is 0 Å². The van der Waals surface area contributed by atoms with E-state index in [9.17, 15) is 18.4 Å². The Morgan fingerprint density at radius 1 is 1.08 bits per heavy atom. The van der Waals surface area contributed by atoms with Crippen LogP contribution in [0.3, 0.4) is 0 Å². The molecule has 3 rings (SSSR count). The summed E-state index contributed by atoms with van der Waals surface area (Å²) >= 11 is 0.319. The fourth-order valence-corrected chi connectivity index (χ4v) is 2.77. The first-order valence-corrected chi connectivity index (χ1v) is 7.80. The van der Waals surface area contributed by atoms with Gasteiger partial charge in [-0.1, -0.05) is 42.1 Å². The monoisotopic (exact) mass is 347 g/mol. The van der Waals surface area contributed by atoms with E-state index in [0.717, 1.165) is 0 Å². The molecule has 0 spiro atoms.